The number of rotatable bonds is 4. The number of hydrogen-bond acceptors (Lipinski definition) is 5. The van der Waals surface area contributed by atoms with Crippen molar-refractivity contribution in [3.63, 3.8) is 0 Å². The molecule has 1 aliphatic carbocycles. The predicted octanol–water partition coefficient (Wildman–Crippen LogP) is 2.06. The molecule has 1 saturated carbocycles. The van der Waals surface area contributed by atoms with E-state index in [9.17, 15) is 4.79 Å². The molecule has 0 radical (unpaired) electrons. The number of anilines is 1. The first kappa shape index (κ1) is 16.3. The molecular weight excluding hydrogens is 340 g/mol. The minimum atomic E-state index is -0.399. The largest absolute Gasteiger partial charge is 0.348 e. The Morgan fingerprint density at radius 2 is 2.04 bits per heavy atom. The zero-order valence-corrected chi connectivity index (χ0v) is 14.9. The molecule has 1 aromatic heterocycles. The van der Waals surface area contributed by atoms with Crippen LogP contribution < -0.4 is 10.2 Å². The van der Waals surface area contributed by atoms with Crippen LogP contribution >= 0.6 is 11.6 Å². The van der Waals surface area contributed by atoms with Crippen LogP contribution in [0, 0.1) is 0 Å². The second-order valence-electron chi connectivity index (χ2n) is 7.35. The Kier molecular flexibility index (Phi) is 3.91. The summed E-state index contributed by atoms with van der Waals surface area (Å²) >= 11 is 5.98. The van der Waals surface area contributed by atoms with Gasteiger partial charge in [0.2, 0.25) is 11.9 Å². The third-order valence-corrected chi connectivity index (χ3v) is 5.58. The van der Waals surface area contributed by atoms with Crippen molar-refractivity contribution < 1.29 is 4.79 Å². The second-order valence-corrected chi connectivity index (χ2v) is 7.79. The third-order valence-electron chi connectivity index (χ3n) is 5.33. The van der Waals surface area contributed by atoms with Gasteiger partial charge in [-0.2, -0.15) is 0 Å². The van der Waals surface area contributed by atoms with E-state index in [0.717, 1.165) is 37.8 Å². The van der Waals surface area contributed by atoms with Gasteiger partial charge in [0.25, 0.3) is 0 Å². The van der Waals surface area contributed by atoms with Gasteiger partial charge >= 0.3 is 0 Å². The molecule has 1 aromatic carbocycles. The van der Waals surface area contributed by atoms with Gasteiger partial charge in [0.1, 0.15) is 0 Å². The Labute approximate surface area is 151 Å². The second kappa shape index (κ2) is 5.98. The van der Waals surface area contributed by atoms with Crippen LogP contribution in [0.3, 0.4) is 0 Å². The fourth-order valence-corrected chi connectivity index (χ4v) is 3.87. The van der Waals surface area contributed by atoms with Gasteiger partial charge in [-0.15, -0.1) is 0 Å². The summed E-state index contributed by atoms with van der Waals surface area (Å²) in [5.41, 5.74) is 0.346. The smallest absolute Gasteiger partial charge is 0.242 e. The van der Waals surface area contributed by atoms with Crippen LogP contribution in [-0.4, -0.2) is 45.2 Å². The van der Waals surface area contributed by atoms with Gasteiger partial charge < -0.3 is 10.2 Å². The summed E-state index contributed by atoms with van der Waals surface area (Å²) in [4.78, 5) is 15.2. The van der Waals surface area contributed by atoms with E-state index in [1.54, 1.807) is 0 Å². The highest BCUT2D eigenvalue weighted by atomic mass is 35.5. The van der Waals surface area contributed by atoms with E-state index in [-0.39, 0.29) is 11.4 Å². The summed E-state index contributed by atoms with van der Waals surface area (Å²) in [6, 6.07) is 7.63. The van der Waals surface area contributed by atoms with Crippen LogP contribution in [0.15, 0.2) is 24.3 Å². The topological polar surface area (TPSA) is 86.8 Å². The van der Waals surface area contributed by atoms with Crippen LogP contribution in [0.25, 0.3) is 0 Å². The molecule has 4 rings (SSSR count). The lowest BCUT2D eigenvalue weighted by atomic mass is 9.88. The first-order chi connectivity index (χ1) is 12.0. The molecule has 2 fully saturated rings. The molecular formula is C17H21ClN6O. The van der Waals surface area contributed by atoms with Gasteiger partial charge in [-0.3, -0.25) is 4.79 Å². The van der Waals surface area contributed by atoms with Crippen molar-refractivity contribution in [2.45, 2.75) is 43.6 Å². The standard InChI is InChI=1S/C17H21ClN6O/c1-16(7-2-10-24(11-16)15-20-22-23-21-15)19-14(25)17(8-9-17)12-3-5-13(18)6-4-12/h3-6H,2,7-11H2,1H3,(H,19,25)(H,20,21,22,23). The molecule has 1 unspecified atom stereocenters. The number of piperidine rings is 1. The number of halogens is 1. The molecule has 8 heteroatoms. The average molecular weight is 361 g/mol. The molecule has 7 nitrogen and oxygen atoms in total. The maximum absolute atomic E-state index is 13.1. The first-order valence-corrected chi connectivity index (χ1v) is 8.96. The van der Waals surface area contributed by atoms with Gasteiger partial charge in [-0.05, 0) is 60.7 Å². The molecule has 1 amide bonds. The Morgan fingerprint density at radius 1 is 1.28 bits per heavy atom. The molecule has 2 N–H and O–H groups in total. The fourth-order valence-electron chi connectivity index (χ4n) is 3.74. The lowest BCUT2D eigenvalue weighted by Crippen LogP contribution is -2.59. The fraction of sp³-hybridized carbons (Fsp3) is 0.529. The van der Waals surface area contributed by atoms with Crippen molar-refractivity contribution in [2.24, 2.45) is 0 Å². The minimum absolute atomic E-state index is 0.106. The lowest BCUT2D eigenvalue weighted by molar-refractivity contribution is -0.125. The average Bonchev–Trinajstić information content (AvgIpc) is 3.22. The van der Waals surface area contributed by atoms with Crippen molar-refractivity contribution in [3.8, 4) is 0 Å². The number of tetrazole rings is 1. The van der Waals surface area contributed by atoms with Gasteiger partial charge in [0, 0.05) is 18.1 Å². The van der Waals surface area contributed by atoms with Gasteiger partial charge in [0.05, 0.1) is 11.0 Å². The Morgan fingerprint density at radius 3 is 2.68 bits per heavy atom. The van der Waals surface area contributed by atoms with E-state index >= 15 is 0 Å². The van der Waals surface area contributed by atoms with E-state index in [1.807, 2.05) is 24.3 Å². The minimum Gasteiger partial charge on any atom is -0.348 e. The normalized spacial score (nSPS) is 24.8. The van der Waals surface area contributed by atoms with Crippen LogP contribution in [-0.2, 0) is 10.2 Å². The molecule has 1 atom stereocenters. The third kappa shape index (κ3) is 3.08. The number of aromatic nitrogens is 4. The monoisotopic (exact) mass is 360 g/mol. The summed E-state index contributed by atoms with van der Waals surface area (Å²) in [6.07, 6.45) is 3.68. The van der Waals surface area contributed by atoms with Crippen molar-refractivity contribution in [3.05, 3.63) is 34.9 Å². The van der Waals surface area contributed by atoms with Crippen LogP contribution in [0.2, 0.25) is 5.02 Å². The molecule has 2 aliphatic rings. The summed E-state index contributed by atoms with van der Waals surface area (Å²) in [5.74, 6) is 0.758. The number of amides is 1. The molecule has 1 aliphatic heterocycles. The number of nitrogens with zero attached hydrogens (tertiary/aromatic N) is 4. The van der Waals surface area contributed by atoms with Crippen molar-refractivity contribution in [1.82, 2.24) is 25.9 Å². The number of aromatic amines is 1. The van der Waals surface area contributed by atoms with E-state index < -0.39 is 5.41 Å². The van der Waals surface area contributed by atoms with Gasteiger partial charge in [-0.1, -0.05) is 28.8 Å². The SMILES string of the molecule is CC1(NC(=O)C2(c3ccc(Cl)cc3)CC2)CCCN(c2nnn[nH]2)C1. The molecule has 0 spiro atoms. The molecule has 2 heterocycles. The summed E-state index contributed by atoms with van der Waals surface area (Å²) in [5, 5.41) is 18.1. The lowest BCUT2D eigenvalue weighted by Gasteiger charge is -2.41. The summed E-state index contributed by atoms with van der Waals surface area (Å²) in [6.45, 7) is 3.66. The van der Waals surface area contributed by atoms with Crippen molar-refractivity contribution in [2.75, 3.05) is 18.0 Å². The maximum Gasteiger partial charge on any atom is 0.242 e. The number of carbonyl (C=O) groups is 1. The predicted molar refractivity (Wildman–Crippen MR) is 94.5 cm³/mol. The molecule has 25 heavy (non-hydrogen) atoms. The molecule has 0 bridgehead atoms. The van der Waals surface area contributed by atoms with E-state index in [1.165, 1.54) is 0 Å². The van der Waals surface area contributed by atoms with E-state index in [0.29, 0.717) is 17.5 Å². The first-order valence-electron chi connectivity index (χ1n) is 8.58. The Balaban J connectivity index is 1.49. The maximum atomic E-state index is 13.1. The van der Waals surface area contributed by atoms with E-state index in [4.69, 9.17) is 11.6 Å². The zero-order chi connectivity index (χ0) is 17.5. The molecule has 2 aromatic rings. The highest BCUT2D eigenvalue weighted by Crippen LogP contribution is 2.49. The van der Waals surface area contributed by atoms with Crippen molar-refractivity contribution >= 4 is 23.5 Å². The number of nitrogens with one attached hydrogen (secondary N) is 2. The zero-order valence-electron chi connectivity index (χ0n) is 14.1. The van der Waals surface area contributed by atoms with Crippen LogP contribution in [0.5, 0.6) is 0 Å². The highest BCUT2D eigenvalue weighted by molar-refractivity contribution is 6.30. The van der Waals surface area contributed by atoms with E-state index in [2.05, 4.69) is 37.8 Å². The summed E-state index contributed by atoms with van der Waals surface area (Å²) < 4.78 is 0. The molecule has 132 valence electrons. The van der Waals surface area contributed by atoms with Crippen LogP contribution in [0.4, 0.5) is 5.95 Å². The summed E-state index contributed by atoms with van der Waals surface area (Å²) in [7, 11) is 0. The molecule has 1 saturated heterocycles. The number of H-pyrrole nitrogens is 1. The highest BCUT2D eigenvalue weighted by Gasteiger charge is 2.52. The van der Waals surface area contributed by atoms with Crippen molar-refractivity contribution in [1.29, 1.82) is 0 Å². The number of benzene rings is 1. The van der Waals surface area contributed by atoms with Crippen LogP contribution in [0.1, 0.15) is 38.2 Å². The Hall–Kier alpha value is -2.15. The van der Waals surface area contributed by atoms with Gasteiger partial charge in [0.15, 0.2) is 0 Å². The quantitative estimate of drug-likeness (QED) is 0.871. The number of carbonyl (C=O) groups excluding carboxylic acids is 1. The van der Waals surface area contributed by atoms with Gasteiger partial charge in [-0.25, -0.2) is 5.10 Å². The Bertz CT molecular complexity index is 758. The number of hydrogen-bond donors (Lipinski definition) is 2.